The fourth-order valence-electron chi connectivity index (χ4n) is 4.85. The summed E-state index contributed by atoms with van der Waals surface area (Å²) in [5, 5.41) is 4.45. The largest absolute Gasteiger partial charge is 0.349 e. The third kappa shape index (κ3) is 4.09. The second kappa shape index (κ2) is 8.64. The molecule has 2 heterocycles. The number of carbonyl (C=O) groups is 2. The third-order valence-electron chi connectivity index (χ3n) is 6.32. The molecule has 0 bridgehead atoms. The minimum atomic E-state index is 0.0751. The summed E-state index contributed by atoms with van der Waals surface area (Å²) < 4.78 is 1.16. The smallest absolute Gasteiger partial charge is 0.261 e. The van der Waals surface area contributed by atoms with Gasteiger partial charge in [0.1, 0.15) is 0 Å². The maximum absolute atomic E-state index is 13.1. The molecule has 1 saturated heterocycles. The molecule has 1 aromatic heterocycles. The Hall–Kier alpha value is -1.88. The Labute approximate surface area is 171 Å². The van der Waals surface area contributed by atoms with Crippen molar-refractivity contribution in [2.24, 2.45) is 0 Å². The highest BCUT2D eigenvalue weighted by Gasteiger charge is 2.28. The van der Waals surface area contributed by atoms with Crippen LogP contribution in [0.25, 0.3) is 10.1 Å². The van der Waals surface area contributed by atoms with Gasteiger partial charge in [-0.1, -0.05) is 43.9 Å². The lowest BCUT2D eigenvalue weighted by Crippen LogP contribution is -2.40. The fraction of sp³-hybridized carbons (Fsp3) is 0.565. The average molecular weight is 399 g/mol. The maximum Gasteiger partial charge on any atom is 0.261 e. The fourth-order valence-corrected chi connectivity index (χ4v) is 5.98. The molecule has 4 nitrogen and oxygen atoms in total. The molecule has 0 unspecified atom stereocenters. The monoisotopic (exact) mass is 398 g/mol. The van der Waals surface area contributed by atoms with Gasteiger partial charge in [-0.15, -0.1) is 11.3 Å². The van der Waals surface area contributed by atoms with Crippen LogP contribution in [0, 0.1) is 0 Å². The van der Waals surface area contributed by atoms with Gasteiger partial charge in [0.25, 0.3) is 5.91 Å². The van der Waals surface area contributed by atoms with Gasteiger partial charge in [0.05, 0.1) is 4.88 Å². The zero-order valence-corrected chi connectivity index (χ0v) is 17.5. The molecular weight excluding hydrogens is 368 g/mol. The summed E-state index contributed by atoms with van der Waals surface area (Å²) in [5.74, 6) is 0.231. The van der Waals surface area contributed by atoms with E-state index >= 15 is 0 Å². The Kier molecular flexibility index (Phi) is 6.00. The van der Waals surface area contributed by atoms with E-state index in [0.717, 1.165) is 60.2 Å². The SMILES string of the molecule is CC(=O)N1CCCCC[C@H]1Cc1c(C(=O)NC2CCCC2)sc2ccccc12. The van der Waals surface area contributed by atoms with E-state index in [1.807, 2.05) is 17.0 Å². The van der Waals surface area contributed by atoms with Gasteiger partial charge in [-0.3, -0.25) is 9.59 Å². The molecule has 2 fully saturated rings. The van der Waals surface area contributed by atoms with Gasteiger partial charge in [-0.25, -0.2) is 0 Å². The summed E-state index contributed by atoms with van der Waals surface area (Å²) in [7, 11) is 0. The third-order valence-corrected chi connectivity index (χ3v) is 7.53. The molecule has 1 aliphatic carbocycles. The number of rotatable bonds is 4. The van der Waals surface area contributed by atoms with E-state index in [0.29, 0.717) is 6.04 Å². The van der Waals surface area contributed by atoms with Crippen molar-refractivity contribution in [3.8, 4) is 0 Å². The highest BCUT2D eigenvalue weighted by atomic mass is 32.1. The molecule has 2 amide bonds. The van der Waals surface area contributed by atoms with Gasteiger partial charge in [0.2, 0.25) is 5.91 Å². The van der Waals surface area contributed by atoms with Crippen molar-refractivity contribution in [1.29, 1.82) is 0 Å². The molecule has 0 radical (unpaired) electrons. The number of likely N-dealkylation sites (tertiary alicyclic amines) is 1. The van der Waals surface area contributed by atoms with Gasteiger partial charge in [0, 0.05) is 30.3 Å². The van der Waals surface area contributed by atoms with Crippen LogP contribution in [0.3, 0.4) is 0 Å². The normalized spacial score (nSPS) is 21.0. The van der Waals surface area contributed by atoms with Crippen molar-refractivity contribution in [2.75, 3.05) is 6.54 Å². The van der Waals surface area contributed by atoms with E-state index in [1.54, 1.807) is 18.3 Å². The maximum atomic E-state index is 13.1. The highest BCUT2D eigenvalue weighted by Crippen LogP contribution is 2.34. The van der Waals surface area contributed by atoms with Gasteiger partial charge in [0.15, 0.2) is 0 Å². The first-order chi connectivity index (χ1) is 13.6. The van der Waals surface area contributed by atoms with Crippen molar-refractivity contribution in [2.45, 2.75) is 76.8 Å². The molecule has 150 valence electrons. The minimum absolute atomic E-state index is 0.0751. The van der Waals surface area contributed by atoms with Crippen LogP contribution in [0.4, 0.5) is 0 Å². The van der Waals surface area contributed by atoms with E-state index in [-0.39, 0.29) is 17.9 Å². The molecule has 4 rings (SSSR count). The quantitative estimate of drug-likeness (QED) is 0.796. The zero-order valence-electron chi connectivity index (χ0n) is 16.7. The molecule has 1 N–H and O–H groups in total. The Morgan fingerprint density at radius 3 is 2.61 bits per heavy atom. The summed E-state index contributed by atoms with van der Waals surface area (Å²) in [6.07, 6.45) is 9.80. The molecule has 1 atom stereocenters. The Bertz CT molecular complexity index is 853. The topological polar surface area (TPSA) is 49.4 Å². The molecular formula is C23H30N2O2S. The summed E-state index contributed by atoms with van der Waals surface area (Å²) in [6, 6.07) is 8.82. The summed E-state index contributed by atoms with van der Waals surface area (Å²) in [4.78, 5) is 28.3. The lowest BCUT2D eigenvalue weighted by atomic mass is 9.97. The number of benzene rings is 1. The Morgan fingerprint density at radius 1 is 1.07 bits per heavy atom. The van der Waals surface area contributed by atoms with E-state index in [4.69, 9.17) is 0 Å². The lowest BCUT2D eigenvalue weighted by Gasteiger charge is -2.29. The van der Waals surface area contributed by atoms with E-state index in [2.05, 4.69) is 17.4 Å². The molecule has 2 aromatic rings. The number of hydrogen-bond donors (Lipinski definition) is 1. The van der Waals surface area contributed by atoms with Crippen LogP contribution in [-0.2, 0) is 11.2 Å². The van der Waals surface area contributed by atoms with E-state index in [1.165, 1.54) is 24.6 Å². The number of nitrogens with one attached hydrogen (secondary N) is 1. The molecule has 1 aromatic carbocycles. The summed E-state index contributed by atoms with van der Waals surface area (Å²) >= 11 is 1.60. The molecule has 5 heteroatoms. The Balaban J connectivity index is 1.66. The first-order valence-corrected chi connectivity index (χ1v) is 11.5. The molecule has 1 aliphatic heterocycles. The number of thiophene rings is 1. The predicted molar refractivity (Wildman–Crippen MR) is 115 cm³/mol. The number of amides is 2. The van der Waals surface area contributed by atoms with Crippen molar-refractivity contribution < 1.29 is 9.59 Å². The van der Waals surface area contributed by atoms with Gasteiger partial charge in [-0.05, 0) is 49.1 Å². The number of hydrogen-bond acceptors (Lipinski definition) is 3. The number of fused-ring (bicyclic) bond motifs is 1. The van der Waals surface area contributed by atoms with Crippen LogP contribution in [0.1, 0.15) is 73.5 Å². The first-order valence-electron chi connectivity index (χ1n) is 10.7. The molecule has 1 saturated carbocycles. The van der Waals surface area contributed by atoms with Gasteiger partial charge < -0.3 is 10.2 Å². The zero-order chi connectivity index (χ0) is 19.5. The van der Waals surface area contributed by atoms with Crippen molar-refractivity contribution in [1.82, 2.24) is 10.2 Å². The second-order valence-corrected chi connectivity index (χ2v) is 9.33. The first kappa shape index (κ1) is 19.4. The van der Waals surface area contributed by atoms with Gasteiger partial charge >= 0.3 is 0 Å². The van der Waals surface area contributed by atoms with Gasteiger partial charge in [-0.2, -0.15) is 0 Å². The molecule has 2 aliphatic rings. The Morgan fingerprint density at radius 2 is 1.82 bits per heavy atom. The van der Waals surface area contributed by atoms with Crippen LogP contribution in [0.15, 0.2) is 24.3 Å². The van der Waals surface area contributed by atoms with E-state index < -0.39 is 0 Å². The standard InChI is InChI=1S/C23H30N2O2S/c1-16(26)25-14-8-2-3-11-18(25)15-20-19-12-6-7-13-21(19)28-22(20)23(27)24-17-9-4-5-10-17/h6-7,12-13,17-18H,2-5,8-11,14-15H2,1H3,(H,24,27)/t18-/m0/s1. The minimum Gasteiger partial charge on any atom is -0.349 e. The highest BCUT2D eigenvalue weighted by molar-refractivity contribution is 7.21. The van der Waals surface area contributed by atoms with Crippen LogP contribution in [0.2, 0.25) is 0 Å². The van der Waals surface area contributed by atoms with Crippen LogP contribution in [0.5, 0.6) is 0 Å². The van der Waals surface area contributed by atoms with Crippen molar-refractivity contribution >= 4 is 33.2 Å². The molecule has 28 heavy (non-hydrogen) atoms. The second-order valence-electron chi connectivity index (χ2n) is 8.28. The summed E-state index contributed by atoms with van der Waals surface area (Å²) in [5.41, 5.74) is 1.13. The van der Waals surface area contributed by atoms with Crippen molar-refractivity contribution in [3.63, 3.8) is 0 Å². The number of carbonyl (C=O) groups excluding carboxylic acids is 2. The van der Waals surface area contributed by atoms with Crippen LogP contribution < -0.4 is 5.32 Å². The molecule has 0 spiro atoms. The predicted octanol–water partition coefficient (Wildman–Crippen LogP) is 4.91. The van der Waals surface area contributed by atoms with Crippen LogP contribution >= 0.6 is 11.3 Å². The lowest BCUT2D eigenvalue weighted by molar-refractivity contribution is -0.131. The average Bonchev–Trinajstić information content (AvgIpc) is 3.24. The number of nitrogens with zero attached hydrogens (tertiary/aromatic N) is 1. The van der Waals surface area contributed by atoms with Crippen molar-refractivity contribution in [3.05, 3.63) is 34.7 Å². The summed E-state index contributed by atoms with van der Waals surface area (Å²) in [6.45, 7) is 2.52. The van der Waals surface area contributed by atoms with E-state index in [9.17, 15) is 9.59 Å². The van der Waals surface area contributed by atoms with Crippen LogP contribution in [-0.4, -0.2) is 35.3 Å².